The van der Waals surface area contributed by atoms with Gasteiger partial charge in [-0.25, -0.2) is 8.42 Å². The first-order chi connectivity index (χ1) is 9.29. The third-order valence-corrected chi connectivity index (χ3v) is 6.08. The lowest BCUT2D eigenvalue weighted by molar-refractivity contribution is 0.291. The summed E-state index contributed by atoms with van der Waals surface area (Å²) in [5, 5.41) is 3.14. The Kier molecular flexibility index (Phi) is 4.27. The van der Waals surface area contributed by atoms with E-state index in [4.69, 9.17) is 4.42 Å². The van der Waals surface area contributed by atoms with Gasteiger partial charge in [0.15, 0.2) is 0 Å². The average Bonchev–Trinajstić information content (AvgIpc) is 2.89. The van der Waals surface area contributed by atoms with Crippen molar-refractivity contribution in [1.29, 1.82) is 0 Å². The topological polar surface area (TPSA) is 62.6 Å². The molecule has 2 heterocycles. The van der Waals surface area contributed by atoms with E-state index in [0.717, 1.165) is 19.4 Å². The van der Waals surface area contributed by atoms with Crippen molar-refractivity contribution in [2.24, 2.45) is 0 Å². The highest BCUT2D eigenvalue weighted by Crippen LogP contribution is 2.35. The van der Waals surface area contributed by atoms with Gasteiger partial charge in [0.2, 0.25) is 10.0 Å². The molecule has 1 aliphatic heterocycles. The van der Waals surface area contributed by atoms with Crippen LogP contribution in [0, 0.1) is 6.92 Å². The highest BCUT2D eigenvalue weighted by atomic mass is 32.2. The first-order valence-electron chi connectivity index (χ1n) is 7.12. The van der Waals surface area contributed by atoms with Crippen LogP contribution in [0.2, 0.25) is 0 Å². The number of nitrogens with one attached hydrogen (secondary N) is 1. The van der Waals surface area contributed by atoms with Crippen molar-refractivity contribution in [3.05, 3.63) is 17.6 Å². The van der Waals surface area contributed by atoms with Crippen LogP contribution < -0.4 is 5.32 Å². The molecular weight excluding hydrogens is 276 g/mol. The summed E-state index contributed by atoms with van der Waals surface area (Å²) >= 11 is 0. The fourth-order valence-electron chi connectivity index (χ4n) is 2.76. The molecule has 0 atom stereocenters. The third kappa shape index (κ3) is 2.77. The molecule has 1 aliphatic rings. The van der Waals surface area contributed by atoms with Crippen LogP contribution >= 0.6 is 0 Å². The molecule has 1 aromatic rings. The molecule has 1 fully saturated rings. The minimum atomic E-state index is -3.47. The molecule has 6 heteroatoms. The van der Waals surface area contributed by atoms with Crippen LogP contribution in [0.15, 0.2) is 15.4 Å². The highest BCUT2D eigenvalue weighted by Gasteiger charge is 2.42. The number of rotatable bonds is 5. The van der Waals surface area contributed by atoms with Gasteiger partial charge in [0.1, 0.15) is 16.4 Å². The molecule has 114 valence electrons. The van der Waals surface area contributed by atoms with Crippen LogP contribution in [-0.2, 0) is 16.6 Å². The summed E-state index contributed by atoms with van der Waals surface area (Å²) < 4.78 is 32.8. The van der Waals surface area contributed by atoms with Gasteiger partial charge >= 0.3 is 0 Å². The number of sulfonamides is 1. The van der Waals surface area contributed by atoms with E-state index in [2.05, 4.69) is 5.32 Å². The van der Waals surface area contributed by atoms with Crippen LogP contribution in [0.1, 0.15) is 45.1 Å². The molecular formula is C14H24N2O3S. The third-order valence-electron chi connectivity index (χ3n) is 3.87. The van der Waals surface area contributed by atoms with Crippen LogP contribution in [-0.4, -0.2) is 31.4 Å². The monoisotopic (exact) mass is 300 g/mol. The zero-order valence-corrected chi connectivity index (χ0v) is 13.5. The number of furan rings is 1. The maximum Gasteiger partial charge on any atom is 0.247 e. The molecule has 1 N–H and O–H groups in total. The number of nitrogens with zero attached hydrogens (tertiary/aromatic N) is 1. The summed E-state index contributed by atoms with van der Waals surface area (Å²) in [5.41, 5.74) is -0.315. The first-order valence-corrected chi connectivity index (χ1v) is 8.56. The molecule has 0 bridgehead atoms. The number of hydrogen-bond donors (Lipinski definition) is 1. The second kappa shape index (κ2) is 5.50. The van der Waals surface area contributed by atoms with E-state index >= 15 is 0 Å². The van der Waals surface area contributed by atoms with E-state index in [9.17, 15) is 8.42 Å². The molecule has 0 spiro atoms. The minimum absolute atomic E-state index is 0.306. The van der Waals surface area contributed by atoms with Gasteiger partial charge in [-0.2, -0.15) is 4.31 Å². The fourth-order valence-corrected chi connectivity index (χ4v) is 4.80. The maximum absolute atomic E-state index is 12.8. The molecule has 0 unspecified atom stereocenters. The molecule has 1 aromatic heterocycles. The Morgan fingerprint density at radius 2 is 2.15 bits per heavy atom. The Labute approximate surface area is 121 Å². The Bertz CT molecular complexity index is 575. The summed E-state index contributed by atoms with van der Waals surface area (Å²) in [5.74, 6) is 1.14. The quantitative estimate of drug-likeness (QED) is 0.906. The van der Waals surface area contributed by atoms with Crippen LogP contribution in [0.3, 0.4) is 0 Å². The molecule has 5 nitrogen and oxygen atoms in total. The Hall–Kier alpha value is -0.850. The minimum Gasteiger partial charge on any atom is -0.464 e. The van der Waals surface area contributed by atoms with Crippen LogP contribution in [0.5, 0.6) is 0 Å². The largest absolute Gasteiger partial charge is 0.464 e. The molecule has 1 saturated heterocycles. The lowest BCUT2D eigenvalue weighted by Gasteiger charge is -2.30. The predicted octanol–water partition coefficient (Wildman–Crippen LogP) is 2.26. The normalized spacial score (nSPS) is 19.6. The van der Waals surface area contributed by atoms with Crippen molar-refractivity contribution in [3.63, 3.8) is 0 Å². The standard InChI is InChI=1S/C14H24N2O3S/c1-5-15-10-12-9-13(11(2)19-12)20(17,18)16-8-6-7-14(16,3)4/h9,15H,5-8,10H2,1-4H3. The van der Waals surface area contributed by atoms with Gasteiger partial charge in [-0.1, -0.05) is 6.92 Å². The van der Waals surface area contributed by atoms with Crippen molar-refractivity contribution in [2.75, 3.05) is 13.1 Å². The summed E-state index contributed by atoms with van der Waals surface area (Å²) in [6.07, 6.45) is 1.81. The fraction of sp³-hybridized carbons (Fsp3) is 0.714. The van der Waals surface area contributed by atoms with Crippen molar-refractivity contribution in [3.8, 4) is 0 Å². The Morgan fingerprint density at radius 1 is 1.45 bits per heavy atom. The first kappa shape index (κ1) is 15.5. The second-order valence-electron chi connectivity index (χ2n) is 5.91. The SMILES string of the molecule is CCNCc1cc(S(=O)(=O)N2CCCC2(C)C)c(C)o1. The van der Waals surface area contributed by atoms with Gasteiger partial charge in [-0.3, -0.25) is 0 Å². The smallest absolute Gasteiger partial charge is 0.247 e. The van der Waals surface area contributed by atoms with Crippen LogP contribution in [0.25, 0.3) is 0 Å². The second-order valence-corrected chi connectivity index (χ2v) is 7.74. The molecule has 2 rings (SSSR count). The van der Waals surface area contributed by atoms with E-state index in [1.807, 2.05) is 20.8 Å². The lowest BCUT2D eigenvalue weighted by atomic mass is 10.0. The van der Waals surface area contributed by atoms with E-state index in [1.165, 1.54) is 0 Å². The molecule has 0 saturated carbocycles. The van der Waals surface area contributed by atoms with Gasteiger partial charge in [0.05, 0.1) is 6.54 Å². The Balaban J connectivity index is 2.32. The van der Waals surface area contributed by atoms with Gasteiger partial charge in [-0.15, -0.1) is 0 Å². The van der Waals surface area contributed by atoms with E-state index in [-0.39, 0.29) is 5.54 Å². The van der Waals surface area contributed by atoms with Gasteiger partial charge in [-0.05, 0) is 40.2 Å². The molecule has 0 amide bonds. The van der Waals surface area contributed by atoms with E-state index in [0.29, 0.717) is 29.5 Å². The van der Waals surface area contributed by atoms with Crippen LogP contribution in [0.4, 0.5) is 0 Å². The van der Waals surface area contributed by atoms with Gasteiger partial charge < -0.3 is 9.73 Å². The predicted molar refractivity (Wildman–Crippen MR) is 78.0 cm³/mol. The van der Waals surface area contributed by atoms with Gasteiger partial charge in [0, 0.05) is 18.2 Å². The molecule has 0 aromatic carbocycles. The van der Waals surface area contributed by atoms with Crippen molar-refractivity contribution < 1.29 is 12.8 Å². The molecule has 0 radical (unpaired) electrons. The van der Waals surface area contributed by atoms with Crippen molar-refractivity contribution >= 4 is 10.0 Å². The molecule has 0 aliphatic carbocycles. The highest BCUT2D eigenvalue weighted by molar-refractivity contribution is 7.89. The Morgan fingerprint density at radius 3 is 2.70 bits per heavy atom. The number of hydrogen-bond acceptors (Lipinski definition) is 4. The maximum atomic E-state index is 12.8. The lowest BCUT2D eigenvalue weighted by Crippen LogP contribution is -2.42. The summed E-state index contributed by atoms with van der Waals surface area (Å²) in [4.78, 5) is 0.306. The number of aryl methyl sites for hydroxylation is 1. The zero-order chi connectivity index (χ0) is 15.0. The van der Waals surface area contributed by atoms with E-state index < -0.39 is 10.0 Å². The van der Waals surface area contributed by atoms with Crippen molar-refractivity contribution in [2.45, 2.75) is 57.5 Å². The summed E-state index contributed by atoms with van der Waals surface area (Å²) in [6.45, 7) is 9.63. The summed E-state index contributed by atoms with van der Waals surface area (Å²) in [6, 6.07) is 1.65. The van der Waals surface area contributed by atoms with Crippen molar-refractivity contribution in [1.82, 2.24) is 9.62 Å². The van der Waals surface area contributed by atoms with E-state index in [1.54, 1.807) is 17.3 Å². The van der Waals surface area contributed by atoms with Gasteiger partial charge in [0.25, 0.3) is 0 Å². The summed E-state index contributed by atoms with van der Waals surface area (Å²) in [7, 11) is -3.47. The average molecular weight is 300 g/mol. The molecule has 20 heavy (non-hydrogen) atoms. The zero-order valence-electron chi connectivity index (χ0n) is 12.7.